The number of fused-ring (bicyclic) bond motifs is 1. The predicted octanol–water partition coefficient (Wildman–Crippen LogP) is 7.20. The lowest BCUT2D eigenvalue weighted by atomic mass is 9.90. The first kappa shape index (κ1) is 28.3. The second-order valence-electron chi connectivity index (χ2n) is 9.03. The van der Waals surface area contributed by atoms with Gasteiger partial charge in [-0.05, 0) is 43.5 Å². The fourth-order valence-corrected chi connectivity index (χ4v) is 4.20. The number of allylic oxidation sites excluding steroid dienone is 5. The number of aromatic nitrogens is 2. The summed E-state index contributed by atoms with van der Waals surface area (Å²) in [5.41, 5.74) is 4.18. The number of hydrogen-bond donors (Lipinski definition) is 2. The summed E-state index contributed by atoms with van der Waals surface area (Å²) in [6, 6.07) is 6.53. The number of nitrogens with one attached hydrogen (secondary N) is 2. The lowest BCUT2D eigenvalue weighted by molar-refractivity contribution is -0.109. The summed E-state index contributed by atoms with van der Waals surface area (Å²) in [7, 11) is 0. The molecule has 1 amide bonds. The second kappa shape index (κ2) is 15.9. The highest BCUT2D eigenvalue weighted by Crippen LogP contribution is 2.31. The highest BCUT2D eigenvalue weighted by Gasteiger charge is 2.24. The van der Waals surface area contributed by atoms with Crippen LogP contribution in [-0.2, 0) is 4.79 Å². The number of unbranched alkanes of at least 4 members (excludes halogenated alkanes) is 3. The molecule has 1 aliphatic carbocycles. The molecular weight excluding hydrogens is 439 g/mol. The van der Waals surface area contributed by atoms with Crippen molar-refractivity contribution in [2.75, 3.05) is 24.7 Å². The molecule has 5 nitrogen and oxygen atoms in total. The van der Waals surface area contributed by atoms with Crippen LogP contribution in [0.3, 0.4) is 0 Å². The highest BCUT2D eigenvalue weighted by molar-refractivity contribution is 5.79. The van der Waals surface area contributed by atoms with Gasteiger partial charge in [-0.1, -0.05) is 71.3 Å². The van der Waals surface area contributed by atoms with E-state index in [9.17, 15) is 9.18 Å². The van der Waals surface area contributed by atoms with Gasteiger partial charge in [0, 0.05) is 36.3 Å². The normalized spacial score (nSPS) is 15.7. The van der Waals surface area contributed by atoms with E-state index in [1.54, 1.807) is 0 Å². The number of carbonyl (C=O) groups is 1. The van der Waals surface area contributed by atoms with Crippen LogP contribution in [0.25, 0.3) is 11.0 Å². The number of nitrogens with zero attached hydrogens (tertiary/aromatic N) is 2. The Morgan fingerprint density at radius 2 is 1.89 bits per heavy atom. The molecule has 0 saturated carbocycles. The SMILES string of the molecule is CCCCCN(CCC)c1ccc2nc(C(C)C3C=CC=CC=C3NC=O)[nH]c2c1.CCCCF. The number of aromatic amines is 1. The van der Waals surface area contributed by atoms with Crippen LogP contribution < -0.4 is 10.2 Å². The first-order valence-electron chi connectivity index (χ1n) is 13.1. The number of rotatable bonds is 13. The number of benzene rings is 1. The average molecular weight is 483 g/mol. The minimum Gasteiger partial charge on any atom is -0.371 e. The standard InChI is InChI=1S/C25H34N4O.C4H9F/c1-4-6-10-16-29(15-5-2)20-13-14-23-24(17-20)28-25(27-23)19(3)21-11-8-7-9-12-22(21)26-18-30;1-2-3-4-5/h7-9,11-14,17-19,21H,4-6,10,15-16H2,1-3H3,(H,26,30)(H,27,28);2-4H2,1H3. The van der Waals surface area contributed by atoms with Crippen molar-refractivity contribution in [2.45, 2.75) is 72.1 Å². The van der Waals surface area contributed by atoms with Crippen LogP contribution in [0.1, 0.15) is 78.0 Å². The van der Waals surface area contributed by atoms with Crippen molar-refractivity contribution in [3.63, 3.8) is 0 Å². The summed E-state index contributed by atoms with van der Waals surface area (Å²) in [6.45, 7) is 10.6. The first-order valence-corrected chi connectivity index (χ1v) is 13.1. The number of H-pyrrole nitrogens is 1. The van der Waals surface area contributed by atoms with Gasteiger partial charge in [0.05, 0.1) is 17.7 Å². The molecule has 0 aliphatic heterocycles. The molecular formula is C29H43FN4O. The molecule has 2 atom stereocenters. The van der Waals surface area contributed by atoms with Crippen LogP contribution in [0.2, 0.25) is 0 Å². The summed E-state index contributed by atoms with van der Waals surface area (Å²) >= 11 is 0. The van der Waals surface area contributed by atoms with Crippen LogP contribution in [0, 0.1) is 5.92 Å². The smallest absolute Gasteiger partial charge is 0.211 e. The van der Waals surface area contributed by atoms with Gasteiger partial charge < -0.3 is 15.2 Å². The van der Waals surface area contributed by atoms with Gasteiger partial charge >= 0.3 is 0 Å². The third-order valence-electron chi connectivity index (χ3n) is 6.23. The zero-order valence-electron chi connectivity index (χ0n) is 21.9. The molecule has 0 fully saturated rings. The van der Waals surface area contributed by atoms with E-state index < -0.39 is 0 Å². The number of imidazole rings is 1. The molecule has 35 heavy (non-hydrogen) atoms. The monoisotopic (exact) mass is 482 g/mol. The quantitative estimate of drug-likeness (QED) is 0.234. The third kappa shape index (κ3) is 8.68. The average Bonchev–Trinajstić information content (AvgIpc) is 3.16. The Bertz CT molecular complexity index is 976. The van der Waals surface area contributed by atoms with Gasteiger partial charge in [-0.3, -0.25) is 9.18 Å². The Hall–Kier alpha value is -2.89. The maximum Gasteiger partial charge on any atom is 0.211 e. The largest absolute Gasteiger partial charge is 0.371 e. The number of carbonyl (C=O) groups excluding carboxylic acids is 1. The number of halogens is 1. The van der Waals surface area contributed by atoms with E-state index in [4.69, 9.17) is 4.98 Å². The predicted molar refractivity (Wildman–Crippen MR) is 146 cm³/mol. The maximum atomic E-state index is 11.1. The molecule has 1 aliphatic rings. The van der Waals surface area contributed by atoms with E-state index in [0.29, 0.717) is 0 Å². The molecule has 2 aromatic rings. The summed E-state index contributed by atoms with van der Waals surface area (Å²) in [4.78, 5) is 21.9. The Kier molecular flexibility index (Phi) is 12.9. The molecule has 0 spiro atoms. The molecule has 1 heterocycles. The Morgan fingerprint density at radius 3 is 2.54 bits per heavy atom. The number of amides is 1. The Labute approximate surface area is 210 Å². The first-order chi connectivity index (χ1) is 17.1. The van der Waals surface area contributed by atoms with E-state index >= 15 is 0 Å². The molecule has 1 aromatic heterocycles. The number of hydrogen-bond acceptors (Lipinski definition) is 3. The zero-order chi connectivity index (χ0) is 25.5. The van der Waals surface area contributed by atoms with Gasteiger partial charge in [0.25, 0.3) is 0 Å². The van der Waals surface area contributed by atoms with Crippen molar-refractivity contribution in [2.24, 2.45) is 5.92 Å². The van der Waals surface area contributed by atoms with E-state index in [0.717, 1.165) is 61.3 Å². The van der Waals surface area contributed by atoms with Gasteiger partial charge in [0.1, 0.15) is 5.82 Å². The van der Waals surface area contributed by atoms with Gasteiger partial charge in [-0.15, -0.1) is 0 Å². The van der Waals surface area contributed by atoms with E-state index in [2.05, 4.69) is 60.2 Å². The van der Waals surface area contributed by atoms with Crippen LogP contribution in [0.15, 0.2) is 54.3 Å². The Balaban J connectivity index is 0.000000784. The molecule has 0 radical (unpaired) electrons. The third-order valence-corrected chi connectivity index (χ3v) is 6.23. The molecule has 2 N–H and O–H groups in total. The highest BCUT2D eigenvalue weighted by atomic mass is 19.1. The van der Waals surface area contributed by atoms with Crippen LogP contribution in [0.5, 0.6) is 0 Å². The lowest BCUT2D eigenvalue weighted by Gasteiger charge is -2.24. The minimum absolute atomic E-state index is 0.0517. The van der Waals surface area contributed by atoms with E-state index in [1.165, 1.54) is 24.9 Å². The maximum absolute atomic E-state index is 11.1. The molecule has 3 rings (SSSR count). The molecule has 2 unspecified atom stereocenters. The number of anilines is 1. The van der Waals surface area contributed by atoms with Crippen molar-refractivity contribution < 1.29 is 9.18 Å². The van der Waals surface area contributed by atoms with Crippen molar-refractivity contribution in [3.8, 4) is 0 Å². The van der Waals surface area contributed by atoms with Crippen LogP contribution in [0.4, 0.5) is 10.1 Å². The van der Waals surface area contributed by atoms with Crippen molar-refractivity contribution in [1.82, 2.24) is 15.3 Å². The topological polar surface area (TPSA) is 61.0 Å². The van der Waals surface area contributed by atoms with E-state index in [-0.39, 0.29) is 18.5 Å². The Morgan fingerprint density at radius 1 is 1.09 bits per heavy atom. The van der Waals surface area contributed by atoms with Crippen LogP contribution in [-0.4, -0.2) is 36.1 Å². The van der Waals surface area contributed by atoms with Gasteiger partial charge in [0.15, 0.2) is 0 Å². The van der Waals surface area contributed by atoms with Crippen molar-refractivity contribution in [1.29, 1.82) is 0 Å². The summed E-state index contributed by atoms with van der Waals surface area (Å²) in [6.07, 6.45) is 17.3. The second-order valence-corrected chi connectivity index (χ2v) is 9.03. The molecule has 0 saturated heterocycles. The van der Waals surface area contributed by atoms with Gasteiger partial charge in [-0.2, -0.15) is 0 Å². The summed E-state index contributed by atoms with van der Waals surface area (Å²) in [5.74, 6) is 1.09. The zero-order valence-corrected chi connectivity index (χ0v) is 21.9. The van der Waals surface area contributed by atoms with Crippen LogP contribution >= 0.6 is 0 Å². The minimum atomic E-state index is -0.156. The molecule has 6 heteroatoms. The lowest BCUT2D eigenvalue weighted by Crippen LogP contribution is -2.25. The molecule has 192 valence electrons. The van der Waals surface area contributed by atoms with Gasteiger partial charge in [-0.25, -0.2) is 4.98 Å². The van der Waals surface area contributed by atoms with Gasteiger partial charge in [0.2, 0.25) is 6.41 Å². The van der Waals surface area contributed by atoms with Crippen molar-refractivity contribution in [3.05, 3.63) is 60.1 Å². The molecule has 1 aromatic carbocycles. The molecule has 0 bridgehead atoms. The number of alkyl halides is 1. The fourth-order valence-electron chi connectivity index (χ4n) is 4.20. The summed E-state index contributed by atoms with van der Waals surface area (Å²) in [5, 5.41) is 2.85. The van der Waals surface area contributed by atoms with E-state index in [1.807, 2.05) is 31.2 Å². The summed E-state index contributed by atoms with van der Waals surface area (Å²) < 4.78 is 11.0. The fraction of sp³-hybridized carbons (Fsp3) is 0.517. The van der Waals surface area contributed by atoms with Crippen molar-refractivity contribution >= 4 is 23.1 Å².